The molecule has 0 bridgehead atoms. The molecule has 2 atom stereocenters. The Bertz CT molecular complexity index is 197. The predicted octanol–water partition coefficient (Wildman–Crippen LogP) is 0.361. The molecule has 82 valence electrons. The summed E-state index contributed by atoms with van der Waals surface area (Å²) < 4.78 is 5.49. The van der Waals surface area contributed by atoms with E-state index in [1.54, 1.807) is 11.9 Å². The van der Waals surface area contributed by atoms with E-state index in [1.165, 1.54) is 0 Å². The first-order chi connectivity index (χ1) is 6.63. The van der Waals surface area contributed by atoms with Gasteiger partial charge in [0.05, 0.1) is 6.10 Å². The van der Waals surface area contributed by atoms with Crippen LogP contribution in [0, 0.1) is 0 Å². The van der Waals surface area contributed by atoms with Crippen LogP contribution in [0.25, 0.3) is 0 Å². The number of likely N-dealkylation sites (N-methyl/N-ethyl adjacent to an activating group) is 1. The van der Waals surface area contributed by atoms with Gasteiger partial charge in [-0.05, 0) is 26.2 Å². The van der Waals surface area contributed by atoms with Crippen LogP contribution in [0.1, 0.15) is 26.2 Å². The van der Waals surface area contributed by atoms with Crippen LogP contribution < -0.4 is 5.73 Å². The summed E-state index contributed by atoms with van der Waals surface area (Å²) in [6.07, 6.45) is 3.09. The zero-order valence-electron chi connectivity index (χ0n) is 9.03. The van der Waals surface area contributed by atoms with Gasteiger partial charge in [-0.15, -0.1) is 0 Å². The molecule has 4 heteroatoms. The van der Waals surface area contributed by atoms with Crippen LogP contribution >= 0.6 is 0 Å². The Hall–Kier alpha value is -0.610. The van der Waals surface area contributed by atoms with Gasteiger partial charge < -0.3 is 15.4 Å². The fourth-order valence-electron chi connectivity index (χ4n) is 1.60. The van der Waals surface area contributed by atoms with Crippen molar-refractivity contribution in [1.82, 2.24) is 4.90 Å². The number of amides is 1. The Morgan fingerprint density at radius 3 is 2.79 bits per heavy atom. The van der Waals surface area contributed by atoms with Crippen molar-refractivity contribution in [2.75, 3.05) is 20.2 Å². The first-order valence-corrected chi connectivity index (χ1v) is 5.24. The molecular weight excluding hydrogens is 180 g/mol. The van der Waals surface area contributed by atoms with E-state index >= 15 is 0 Å². The fraction of sp³-hybridized carbons (Fsp3) is 0.900. The maximum absolute atomic E-state index is 11.4. The lowest BCUT2D eigenvalue weighted by atomic mass is 10.3. The van der Waals surface area contributed by atoms with Gasteiger partial charge in [0.2, 0.25) is 5.91 Å². The molecule has 0 radical (unpaired) electrons. The zero-order chi connectivity index (χ0) is 10.6. The summed E-state index contributed by atoms with van der Waals surface area (Å²) in [5.41, 5.74) is 5.74. The smallest absolute Gasteiger partial charge is 0.248 e. The maximum atomic E-state index is 11.4. The monoisotopic (exact) mass is 200 g/mol. The lowest BCUT2D eigenvalue weighted by Crippen LogP contribution is -2.31. The highest BCUT2D eigenvalue weighted by molar-refractivity contribution is 5.77. The molecule has 1 fully saturated rings. The summed E-state index contributed by atoms with van der Waals surface area (Å²) in [5.74, 6) is 0.0490. The van der Waals surface area contributed by atoms with Crippen LogP contribution in [0.3, 0.4) is 0 Å². The molecule has 1 aliphatic carbocycles. The minimum atomic E-state index is 0.0490. The molecule has 1 rings (SSSR count). The highest BCUT2D eigenvalue weighted by Crippen LogP contribution is 2.20. The summed E-state index contributed by atoms with van der Waals surface area (Å²) >= 11 is 0. The van der Waals surface area contributed by atoms with Crippen molar-refractivity contribution in [3.05, 3.63) is 0 Å². The molecule has 0 spiro atoms. The molecule has 2 unspecified atom stereocenters. The molecule has 0 aromatic heterocycles. The Kier molecular flexibility index (Phi) is 4.35. The van der Waals surface area contributed by atoms with Crippen molar-refractivity contribution < 1.29 is 9.53 Å². The lowest BCUT2D eigenvalue weighted by molar-refractivity contribution is -0.136. The lowest BCUT2D eigenvalue weighted by Gasteiger charge is -2.16. The van der Waals surface area contributed by atoms with E-state index in [4.69, 9.17) is 10.5 Å². The molecule has 1 saturated carbocycles. The molecule has 0 aliphatic heterocycles. The first-order valence-electron chi connectivity index (χ1n) is 5.24. The second-order valence-electron chi connectivity index (χ2n) is 3.91. The van der Waals surface area contributed by atoms with Crippen molar-refractivity contribution in [3.8, 4) is 0 Å². The van der Waals surface area contributed by atoms with E-state index < -0.39 is 0 Å². The van der Waals surface area contributed by atoms with Crippen LogP contribution in [0.2, 0.25) is 0 Å². The van der Waals surface area contributed by atoms with Crippen molar-refractivity contribution >= 4 is 5.91 Å². The Balaban J connectivity index is 2.17. The van der Waals surface area contributed by atoms with E-state index in [2.05, 4.69) is 0 Å². The number of ether oxygens (including phenoxy) is 1. The Morgan fingerprint density at radius 1 is 1.57 bits per heavy atom. The van der Waals surface area contributed by atoms with E-state index in [0.29, 0.717) is 0 Å². The van der Waals surface area contributed by atoms with Gasteiger partial charge in [-0.3, -0.25) is 4.79 Å². The molecule has 2 N–H and O–H groups in total. The summed E-state index contributed by atoms with van der Waals surface area (Å²) in [5, 5.41) is 0. The number of nitrogens with zero attached hydrogens (tertiary/aromatic N) is 1. The van der Waals surface area contributed by atoms with Crippen LogP contribution in [-0.4, -0.2) is 43.2 Å². The minimum Gasteiger partial charge on any atom is -0.368 e. The Morgan fingerprint density at radius 2 is 2.29 bits per heavy atom. The van der Waals surface area contributed by atoms with Gasteiger partial charge in [-0.1, -0.05) is 0 Å². The molecule has 0 aromatic carbocycles. The number of carbonyl (C=O) groups excluding carboxylic acids is 1. The van der Waals surface area contributed by atoms with Gasteiger partial charge in [0.1, 0.15) is 6.61 Å². The van der Waals surface area contributed by atoms with Gasteiger partial charge in [-0.25, -0.2) is 0 Å². The van der Waals surface area contributed by atoms with Crippen molar-refractivity contribution in [1.29, 1.82) is 0 Å². The standard InChI is InChI=1S/C10H20N2O2/c1-3-12(2)10(13)7-14-9-5-4-8(11)6-9/h8-9H,3-7,11H2,1-2H3. The third-order valence-corrected chi connectivity index (χ3v) is 2.77. The highest BCUT2D eigenvalue weighted by Gasteiger charge is 2.23. The van der Waals surface area contributed by atoms with E-state index in [0.717, 1.165) is 25.8 Å². The summed E-state index contributed by atoms with van der Waals surface area (Å²) in [7, 11) is 1.78. The van der Waals surface area contributed by atoms with E-state index in [1.807, 2.05) is 6.92 Å². The maximum Gasteiger partial charge on any atom is 0.248 e. The number of hydrogen-bond acceptors (Lipinski definition) is 3. The van der Waals surface area contributed by atoms with Crippen molar-refractivity contribution in [3.63, 3.8) is 0 Å². The third-order valence-electron chi connectivity index (χ3n) is 2.77. The topological polar surface area (TPSA) is 55.6 Å². The number of rotatable bonds is 4. The molecule has 0 aromatic rings. The van der Waals surface area contributed by atoms with Crippen LogP contribution in [0.4, 0.5) is 0 Å². The molecule has 0 saturated heterocycles. The summed E-state index contributed by atoms with van der Waals surface area (Å²) in [6.45, 7) is 2.87. The number of carbonyl (C=O) groups is 1. The summed E-state index contributed by atoms with van der Waals surface area (Å²) in [6, 6.07) is 0.263. The van der Waals surface area contributed by atoms with Gasteiger partial charge in [0.25, 0.3) is 0 Å². The fourth-order valence-corrected chi connectivity index (χ4v) is 1.60. The van der Waals surface area contributed by atoms with Gasteiger partial charge in [0, 0.05) is 19.6 Å². The van der Waals surface area contributed by atoms with Gasteiger partial charge in [-0.2, -0.15) is 0 Å². The van der Waals surface area contributed by atoms with Crippen LogP contribution in [0.15, 0.2) is 0 Å². The summed E-state index contributed by atoms with van der Waals surface area (Å²) in [4.78, 5) is 13.0. The third kappa shape index (κ3) is 3.27. The number of hydrogen-bond donors (Lipinski definition) is 1. The van der Waals surface area contributed by atoms with E-state index in [9.17, 15) is 4.79 Å². The number of nitrogens with two attached hydrogens (primary N) is 1. The second-order valence-corrected chi connectivity index (χ2v) is 3.91. The predicted molar refractivity (Wildman–Crippen MR) is 54.9 cm³/mol. The van der Waals surface area contributed by atoms with E-state index in [-0.39, 0.29) is 24.7 Å². The normalized spacial score (nSPS) is 26.5. The second kappa shape index (κ2) is 5.32. The van der Waals surface area contributed by atoms with Gasteiger partial charge >= 0.3 is 0 Å². The molecular formula is C10H20N2O2. The largest absolute Gasteiger partial charge is 0.368 e. The SMILES string of the molecule is CCN(C)C(=O)COC1CCC(N)C1. The molecule has 1 aliphatic rings. The molecule has 1 amide bonds. The van der Waals surface area contributed by atoms with Crippen LogP contribution in [0.5, 0.6) is 0 Å². The first kappa shape index (κ1) is 11.5. The molecule has 0 heterocycles. The molecule has 4 nitrogen and oxygen atoms in total. The minimum absolute atomic E-state index is 0.0490. The zero-order valence-corrected chi connectivity index (χ0v) is 9.03. The quantitative estimate of drug-likeness (QED) is 0.713. The Labute approximate surface area is 85.4 Å². The highest BCUT2D eigenvalue weighted by atomic mass is 16.5. The van der Waals surface area contributed by atoms with Gasteiger partial charge in [0.15, 0.2) is 0 Å². The van der Waals surface area contributed by atoms with Crippen LogP contribution in [-0.2, 0) is 9.53 Å². The van der Waals surface area contributed by atoms with Crippen molar-refractivity contribution in [2.24, 2.45) is 5.73 Å². The van der Waals surface area contributed by atoms with Crippen molar-refractivity contribution in [2.45, 2.75) is 38.3 Å². The average molecular weight is 200 g/mol. The molecule has 14 heavy (non-hydrogen) atoms. The average Bonchev–Trinajstić information content (AvgIpc) is 2.59.